The van der Waals surface area contributed by atoms with Gasteiger partial charge in [0.2, 0.25) is 0 Å². The van der Waals surface area contributed by atoms with Gasteiger partial charge >= 0.3 is 0 Å². The van der Waals surface area contributed by atoms with E-state index in [1.807, 2.05) is 0 Å². The first-order chi connectivity index (χ1) is 6.07. The highest BCUT2D eigenvalue weighted by molar-refractivity contribution is 5.35. The molecule has 0 saturated heterocycles. The molecule has 0 amide bonds. The maximum atomic E-state index is 13.2. The third-order valence-electron chi connectivity index (χ3n) is 1.99. The summed E-state index contributed by atoms with van der Waals surface area (Å²) in [5, 5.41) is 18.8. The third kappa shape index (κ3) is 1.56. The average molecular weight is 182 g/mol. The summed E-state index contributed by atoms with van der Waals surface area (Å²) in [6.45, 7) is 1.45. The van der Waals surface area contributed by atoms with Gasteiger partial charge in [-0.05, 0) is 6.08 Å². The molecule has 0 saturated carbocycles. The van der Waals surface area contributed by atoms with E-state index in [9.17, 15) is 14.5 Å². The molecule has 0 aliphatic heterocycles. The molecule has 0 bridgehead atoms. The van der Waals surface area contributed by atoms with E-state index in [-0.39, 0.29) is 5.57 Å². The molecule has 13 heavy (non-hydrogen) atoms. The maximum Gasteiger partial charge on any atom is 0.280 e. The Morgan fingerprint density at radius 3 is 2.77 bits per heavy atom. The highest BCUT2D eigenvalue weighted by Crippen LogP contribution is 2.27. The Hall–Kier alpha value is -1.70. The zero-order valence-corrected chi connectivity index (χ0v) is 6.90. The van der Waals surface area contributed by atoms with Crippen molar-refractivity contribution in [2.75, 3.05) is 0 Å². The normalized spacial score (nSPS) is 27.2. The third-order valence-corrected chi connectivity index (χ3v) is 1.99. The van der Waals surface area contributed by atoms with E-state index in [1.165, 1.54) is 13.0 Å². The number of hydrogen-bond acceptors (Lipinski definition) is 3. The molecule has 2 atom stereocenters. The standard InChI is InChI=1S/C8H7FN2O2/c1-5-6(4-10)2-3-7(8(5)9)11(12)13/h2-3,5,8H,1H3. The van der Waals surface area contributed by atoms with Gasteiger partial charge in [0.1, 0.15) is 0 Å². The molecule has 1 rings (SSSR count). The second-order valence-electron chi connectivity index (χ2n) is 2.77. The van der Waals surface area contributed by atoms with E-state index in [4.69, 9.17) is 5.26 Å². The van der Waals surface area contributed by atoms with Crippen molar-refractivity contribution in [2.45, 2.75) is 13.1 Å². The Balaban J connectivity index is 3.05. The summed E-state index contributed by atoms with van der Waals surface area (Å²) >= 11 is 0. The first-order valence-electron chi connectivity index (χ1n) is 3.68. The summed E-state index contributed by atoms with van der Waals surface area (Å²) < 4.78 is 13.2. The summed E-state index contributed by atoms with van der Waals surface area (Å²) in [5.74, 6) is -0.726. The lowest BCUT2D eigenvalue weighted by molar-refractivity contribution is -0.434. The monoisotopic (exact) mass is 182 g/mol. The largest absolute Gasteiger partial charge is 0.280 e. The average Bonchev–Trinajstić information content (AvgIpc) is 2.09. The predicted octanol–water partition coefficient (Wildman–Crippen LogP) is 1.58. The first kappa shape index (κ1) is 9.39. The van der Waals surface area contributed by atoms with Crippen LogP contribution in [0.5, 0.6) is 0 Å². The van der Waals surface area contributed by atoms with Crippen LogP contribution >= 0.6 is 0 Å². The van der Waals surface area contributed by atoms with Crippen molar-refractivity contribution in [1.82, 2.24) is 0 Å². The van der Waals surface area contributed by atoms with Crippen molar-refractivity contribution in [2.24, 2.45) is 5.92 Å². The van der Waals surface area contributed by atoms with Crippen LogP contribution in [0.3, 0.4) is 0 Å². The van der Waals surface area contributed by atoms with Crippen LogP contribution in [0.1, 0.15) is 6.92 Å². The van der Waals surface area contributed by atoms with Gasteiger partial charge in [-0.25, -0.2) is 4.39 Å². The lowest BCUT2D eigenvalue weighted by Crippen LogP contribution is -2.24. The fourth-order valence-electron chi connectivity index (χ4n) is 1.13. The second-order valence-corrected chi connectivity index (χ2v) is 2.77. The molecule has 0 aromatic carbocycles. The molecule has 1 aliphatic carbocycles. The van der Waals surface area contributed by atoms with Gasteiger partial charge in [0.25, 0.3) is 5.70 Å². The number of allylic oxidation sites excluding steroid dienone is 4. The van der Waals surface area contributed by atoms with Crippen LogP contribution in [0.4, 0.5) is 4.39 Å². The minimum atomic E-state index is -1.69. The number of nitriles is 1. The van der Waals surface area contributed by atoms with Gasteiger partial charge < -0.3 is 0 Å². The Morgan fingerprint density at radius 2 is 2.31 bits per heavy atom. The van der Waals surface area contributed by atoms with Crippen LogP contribution in [0, 0.1) is 27.4 Å². The fourth-order valence-corrected chi connectivity index (χ4v) is 1.13. The summed E-state index contributed by atoms with van der Waals surface area (Å²) in [7, 11) is 0. The van der Waals surface area contributed by atoms with Crippen LogP contribution in [-0.2, 0) is 0 Å². The van der Waals surface area contributed by atoms with Gasteiger partial charge in [0.15, 0.2) is 6.17 Å². The Labute approximate surface area is 74.1 Å². The number of nitrogens with zero attached hydrogens (tertiary/aromatic N) is 2. The molecular formula is C8H7FN2O2. The molecular weight excluding hydrogens is 175 g/mol. The van der Waals surface area contributed by atoms with Crippen molar-refractivity contribution in [3.05, 3.63) is 33.5 Å². The molecule has 0 aromatic heterocycles. The second kappa shape index (κ2) is 3.35. The van der Waals surface area contributed by atoms with Crippen LogP contribution in [0.25, 0.3) is 0 Å². The minimum absolute atomic E-state index is 0.234. The topological polar surface area (TPSA) is 66.9 Å². The highest BCUT2D eigenvalue weighted by Gasteiger charge is 2.34. The molecule has 0 radical (unpaired) electrons. The lowest BCUT2D eigenvalue weighted by atomic mass is 9.91. The van der Waals surface area contributed by atoms with Gasteiger partial charge in [0, 0.05) is 17.6 Å². The van der Waals surface area contributed by atoms with E-state index in [2.05, 4.69) is 0 Å². The van der Waals surface area contributed by atoms with Gasteiger partial charge in [-0.3, -0.25) is 10.1 Å². The number of hydrogen-bond donors (Lipinski definition) is 0. The summed E-state index contributed by atoms with van der Waals surface area (Å²) in [4.78, 5) is 9.53. The van der Waals surface area contributed by atoms with Crippen molar-refractivity contribution in [3.8, 4) is 6.07 Å². The smallest absolute Gasteiger partial charge is 0.259 e. The lowest BCUT2D eigenvalue weighted by Gasteiger charge is -2.16. The molecule has 1 aliphatic rings. The molecule has 4 nitrogen and oxygen atoms in total. The van der Waals surface area contributed by atoms with E-state index in [0.717, 1.165) is 6.08 Å². The maximum absolute atomic E-state index is 13.2. The van der Waals surface area contributed by atoms with Crippen LogP contribution < -0.4 is 0 Å². The van der Waals surface area contributed by atoms with E-state index < -0.39 is 22.7 Å². The van der Waals surface area contributed by atoms with Gasteiger partial charge in [0.05, 0.1) is 11.0 Å². The fraction of sp³-hybridized carbons (Fsp3) is 0.375. The molecule has 0 heterocycles. The number of nitro groups is 1. The van der Waals surface area contributed by atoms with Crippen molar-refractivity contribution in [1.29, 1.82) is 5.26 Å². The Kier molecular flexibility index (Phi) is 2.42. The first-order valence-corrected chi connectivity index (χ1v) is 3.68. The Bertz CT molecular complexity index is 341. The van der Waals surface area contributed by atoms with Crippen LogP contribution in [0.15, 0.2) is 23.4 Å². The molecule has 68 valence electrons. The van der Waals surface area contributed by atoms with Crippen molar-refractivity contribution in [3.63, 3.8) is 0 Å². The molecule has 2 unspecified atom stereocenters. The van der Waals surface area contributed by atoms with Gasteiger partial charge in [-0.15, -0.1) is 0 Å². The molecule has 0 aromatic rings. The molecule has 5 heteroatoms. The van der Waals surface area contributed by atoms with Crippen LogP contribution in [0.2, 0.25) is 0 Å². The minimum Gasteiger partial charge on any atom is -0.259 e. The zero-order chi connectivity index (χ0) is 10.0. The number of halogens is 1. The summed E-state index contributed by atoms with van der Waals surface area (Å²) in [5.41, 5.74) is -0.246. The number of rotatable bonds is 1. The summed E-state index contributed by atoms with van der Waals surface area (Å²) in [6.07, 6.45) is 0.650. The molecule has 0 spiro atoms. The van der Waals surface area contributed by atoms with Crippen molar-refractivity contribution >= 4 is 0 Å². The van der Waals surface area contributed by atoms with Crippen LogP contribution in [-0.4, -0.2) is 11.1 Å². The molecule has 0 N–H and O–H groups in total. The van der Waals surface area contributed by atoms with E-state index in [1.54, 1.807) is 6.07 Å². The van der Waals surface area contributed by atoms with Gasteiger partial charge in [-0.2, -0.15) is 5.26 Å². The van der Waals surface area contributed by atoms with Crippen molar-refractivity contribution < 1.29 is 9.31 Å². The number of alkyl halides is 1. The highest BCUT2D eigenvalue weighted by atomic mass is 19.1. The predicted molar refractivity (Wildman–Crippen MR) is 42.8 cm³/mol. The van der Waals surface area contributed by atoms with Gasteiger partial charge in [-0.1, -0.05) is 6.92 Å². The van der Waals surface area contributed by atoms with E-state index in [0.29, 0.717) is 0 Å². The Morgan fingerprint density at radius 1 is 1.69 bits per heavy atom. The SMILES string of the molecule is CC1C(C#N)=CC=C([N+](=O)[O-])C1F. The zero-order valence-electron chi connectivity index (χ0n) is 6.90. The van der Waals surface area contributed by atoms with E-state index >= 15 is 0 Å². The summed E-state index contributed by atoms with van der Waals surface area (Å²) in [6, 6.07) is 1.80. The molecule has 0 fully saturated rings. The quantitative estimate of drug-likeness (QED) is 0.456.